The summed E-state index contributed by atoms with van der Waals surface area (Å²) in [6, 6.07) is 11.9. The minimum atomic E-state index is -3.57. The molecule has 1 aliphatic rings. The van der Waals surface area contributed by atoms with Crippen molar-refractivity contribution in [3.63, 3.8) is 0 Å². The van der Waals surface area contributed by atoms with Crippen molar-refractivity contribution >= 4 is 15.9 Å². The van der Waals surface area contributed by atoms with Gasteiger partial charge in [-0.3, -0.25) is 9.69 Å². The van der Waals surface area contributed by atoms with E-state index in [0.717, 1.165) is 5.56 Å². The molecule has 1 aliphatic heterocycles. The lowest BCUT2D eigenvalue weighted by atomic mass is 10.0. The Kier molecular flexibility index (Phi) is 7.54. The van der Waals surface area contributed by atoms with Gasteiger partial charge in [0.05, 0.1) is 24.2 Å². The second-order valence-electron chi connectivity index (χ2n) is 6.95. The smallest absolute Gasteiger partial charge is 0.251 e. The molecule has 7 nitrogen and oxygen atoms in total. The Morgan fingerprint density at radius 3 is 2.50 bits per heavy atom. The molecule has 3 rings (SSSR count). The number of hydrogen-bond acceptors (Lipinski definition) is 5. The summed E-state index contributed by atoms with van der Waals surface area (Å²) in [5.74, 6) is -0.647. The van der Waals surface area contributed by atoms with E-state index in [4.69, 9.17) is 4.74 Å². The number of ether oxygens (including phenoxy) is 1. The fourth-order valence-corrected chi connectivity index (χ4v) is 4.45. The molecule has 0 saturated carbocycles. The number of carbonyl (C=O) groups is 1. The van der Waals surface area contributed by atoms with Gasteiger partial charge in [0, 0.05) is 31.7 Å². The highest BCUT2D eigenvalue weighted by Gasteiger charge is 2.24. The number of nitrogens with one attached hydrogen (secondary N) is 2. The van der Waals surface area contributed by atoms with Crippen molar-refractivity contribution in [2.45, 2.75) is 17.9 Å². The van der Waals surface area contributed by atoms with Crippen LogP contribution in [0.15, 0.2) is 53.4 Å². The van der Waals surface area contributed by atoms with E-state index in [0.29, 0.717) is 38.4 Å². The molecule has 0 aromatic heterocycles. The summed E-state index contributed by atoms with van der Waals surface area (Å²) in [4.78, 5) is 14.9. The second-order valence-corrected chi connectivity index (χ2v) is 8.72. The van der Waals surface area contributed by atoms with Crippen LogP contribution in [0, 0.1) is 5.82 Å². The van der Waals surface area contributed by atoms with Crippen LogP contribution in [-0.4, -0.2) is 58.6 Å². The summed E-state index contributed by atoms with van der Waals surface area (Å²) < 4.78 is 45.6. The molecular weight excluding hydrogens is 409 g/mol. The van der Waals surface area contributed by atoms with Gasteiger partial charge in [0.15, 0.2) is 0 Å². The number of halogens is 1. The van der Waals surface area contributed by atoms with Crippen molar-refractivity contribution in [2.75, 3.05) is 39.4 Å². The fourth-order valence-electron chi connectivity index (χ4n) is 3.41. The molecule has 1 fully saturated rings. The van der Waals surface area contributed by atoms with Gasteiger partial charge in [0.2, 0.25) is 10.0 Å². The van der Waals surface area contributed by atoms with Crippen molar-refractivity contribution < 1.29 is 22.3 Å². The van der Waals surface area contributed by atoms with Crippen molar-refractivity contribution in [3.8, 4) is 0 Å². The maximum atomic E-state index is 13.8. The summed E-state index contributed by atoms with van der Waals surface area (Å²) in [6.45, 7) is 4.82. The number of benzene rings is 2. The van der Waals surface area contributed by atoms with Crippen LogP contribution in [0.5, 0.6) is 0 Å². The zero-order valence-electron chi connectivity index (χ0n) is 16.8. The van der Waals surface area contributed by atoms with Crippen LogP contribution < -0.4 is 10.0 Å². The Bertz CT molecular complexity index is 960. The molecule has 9 heteroatoms. The Balaban J connectivity index is 1.71. The molecule has 1 heterocycles. The van der Waals surface area contributed by atoms with Gasteiger partial charge < -0.3 is 10.1 Å². The second kappa shape index (κ2) is 10.1. The van der Waals surface area contributed by atoms with E-state index in [9.17, 15) is 17.6 Å². The van der Waals surface area contributed by atoms with Gasteiger partial charge in [-0.15, -0.1) is 0 Å². The fraction of sp³-hybridized carbons (Fsp3) is 0.381. The first-order valence-corrected chi connectivity index (χ1v) is 11.3. The normalized spacial score (nSPS) is 16.2. The molecule has 30 heavy (non-hydrogen) atoms. The summed E-state index contributed by atoms with van der Waals surface area (Å²) in [5, 5.41) is 2.89. The van der Waals surface area contributed by atoms with Crippen LogP contribution in [0.2, 0.25) is 0 Å². The zero-order chi connectivity index (χ0) is 21.6. The van der Waals surface area contributed by atoms with Gasteiger partial charge in [0.1, 0.15) is 5.82 Å². The quantitative estimate of drug-likeness (QED) is 0.662. The van der Waals surface area contributed by atoms with Crippen LogP contribution in [0.25, 0.3) is 0 Å². The summed E-state index contributed by atoms with van der Waals surface area (Å²) in [7, 11) is -3.57. The molecule has 0 radical (unpaired) electrons. The van der Waals surface area contributed by atoms with Crippen LogP contribution in [0.3, 0.4) is 0 Å². The third kappa shape index (κ3) is 5.63. The average molecular weight is 436 g/mol. The van der Waals surface area contributed by atoms with Gasteiger partial charge in [0.25, 0.3) is 5.91 Å². The first-order chi connectivity index (χ1) is 14.4. The van der Waals surface area contributed by atoms with E-state index >= 15 is 0 Å². The average Bonchev–Trinajstić information content (AvgIpc) is 2.75. The molecule has 2 aromatic rings. The molecule has 0 aliphatic carbocycles. The molecule has 162 valence electrons. The molecule has 1 unspecified atom stereocenters. The Labute approximate surface area is 176 Å². The van der Waals surface area contributed by atoms with E-state index in [1.165, 1.54) is 36.4 Å². The van der Waals surface area contributed by atoms with E-state index in [-0.39, 0.29) is 29.2 Å². The predicted octanol–water partition coefficient (Wildman–Crippen LogP) is 1.93. The van der Waals surface area contributed by atoms with Gasteiger partial charge in [-0.25, -0.2) is 17.5 Å². The number of hydrogen-bond donors (Lipinski definition) is 2. The van der Waals surface area contributed by atoms with Gasteiger partial charge in [-0.2, -0.15) is 0 Å². The molecule has 1 atom stereocenters. The standard InChI is InChI=1S/C21H26FN3O4S/c1-2-24-30(27,28)19-8-6-16(7-9-19)21(26)23-15-20(25-10-12-29-13-11-25)17-4-3-5-18(22)14-17/h3-9,14,20,24H,2,10-13,15H2,1H3,(H,23,26). The summed E-state index contributed by atoms with van der Waals surface area (Å²) in [5.41, 5.74) is 1.13. The van der Waals surface area contributed by atoms with Crippen molar-refractivity contribution in [2.24, 2.45) is 0 Å². The third-order valence-corrected chi connectivity index (χ3v) is 6.50. The number of amides is 1. The molecule has 1 saturated heterocycles. The Morgan fingerprint density at radius 2 is 1.87 bits per heavy atom. The van der Waals surface area contributed by atoms with Crippen molar-refractivity contribution in [1.29, 1.82) is 0 Å². The van der Waals surface area contributed by atoms with E-state index in [1.54, 1.807) is 13.0 Å². The monoisotopic (exact) mass is 435 g/mol. The first-order valence-electron chi connectivity index (χ1n) is 9.86. The lowest BCUT2D eigenvalue weighted by molar-refractivity contribution is 0.0162. The van der Waals surface area contributed by atoms with Gasteiger partial charge in [-0.05, 0) is 42.0 Å². The van der Waals surface area contributed by atoms with Gasteiger partial charge >= 0.3 is 0 Å². The molecule has 1 amide bonds. The molecule has 0 spiro atoms. The number of rotatable bonds is 8. The molecule has 2 aromatic carbocycles. The SMILES string of the molecule is CCNS(=O)(=O)c1ccc(C(=O)NCC(c2cccc(F)c2)N2CCOCC2)cc1. The largest absolute Gasteiger partial charge is 0.379 e. The molecular formula is C21H26FN3O4S. The summed E-state index contributed by atoms with van der Waals surface area (Å²) in [6.07, 6.45) is 0. The maximum absolute atomic E-state index is 13.8. The third-order valence-electron chi connectivity index (χ3n) is 4.94. The Hall–Kier alpha value is -2.33. The molecule has 0 bridgehead atoms. The highest BCUT2D eigenvalue weighted by atomic mass is 32.2. The number of morpholine rings is 1. The highest BCUT2D eigenvalue weighted by Crippen LogP contribution is 2.22. The first kappa shape index (κ1) is 22.4. The summed E-state index contributed by atoms with van der Waals surface area (Å²) >= 11 is 0. The minimum Gasteiger partial charge on any atom is -0.379 e. The van der Waals surface area contributed by atoms with Crippen LogP contribution >= 0.6 is 0 Å². The number of carbonyl (C=O) groups excluding carboxylic acids is 1. The number of nitrogens with zero attached hydrogens (tertiary/aromatic N) is 1. The maximum Gasteiger partial charge on any atom is 0.251 e. The van der Waals surface area contributed by atoms with Crippen LogP contribution in [0.1, 0.15) is 28.9 Å². The lowest BCUT2D eigenvalue weighted by Gasteiger charge is -2.35. The highest BCUT2D eigenvalue weighted by molar-refractivity contribution is 7.89. The lowest BCUT2D eigenvalue weighted by Crippen LogP contribution is -2.43. The van der Waals surface area contributed by atoms with Crippen molar-refractivity contribution in [1.82, 2.24) is 14.9 Å². The molecule has 2 N–H and O–H groups in total. The zero-order valence-corrected chi connectivity index (χ0v) is 17.6. The van der Waals surface area contributed by atoms with Crippen molar-refractivity contribution in [3.05, 3.63) is 65.5 Å². The predicted molar refractivity (Wildman–Crippen MR) is 111 cm³/mol. The van der Waals surface area contributed by atoms with Crippen LogP contribution in [-0.2, 0) is 14.8 Å². The van der Waals surface area contributed by atoms with E-state index in [2.05, 4.69) is 14.9 Å². The number of sulfonamides is 1. The van der Waals surface area contributed by atoms with Gasteiger partial charge in [-0.1, -0.05) is 19.1 Å². The Morgan fingerprint density at radius 1 is 1.17 bits per heavy atom. The minimum absolute atomic E-state index is 0.104. The van der Waals surface area contributed by atoms with E-state index in [1.807, 2.05) is 6.07 Å². The van der Waals surface area contributed by atoms with Crippen LogP contribution in [0.4, 0.5) is 4.39 Å². The topological polar surface area (TPSA) is 87.7 Å². The van der Waals surface area contributed by atoms with E-state index < -0.39 is 10.0 Å².